The van der Waals surface area contributed by atoms with Crippen LogP contribution in [0.25, 0.3) is 0 Å². The molecule has 0 bridgehead atoms. The summed E-state index contributed by atoms with van der Waals surface area (Å²) in [4.78, 5) is 69.0. The molecule has 12 nitrogen and oxygen atoms in total. The van der Waals surface area contributed by atoms with Crippen molar-refractivity contribution in [1.29, 1.82) is 0 Å². The highest BCUT2D eigenvalue weighted by atomic mass is 32.1. The number of hydrogen-bond donors (Lipinski definition) is 6. The predicted molar refractivity (Wildman–Crippen MR) is 183 cm³/mol. The van der Waals surface area contributed by atoms with Gasteiger partial charge in [-0.25, -0.2) is 0 Å². The van der Waals surface area contributed by atoms with Gasteiger partial charge < -0.3 is 28.4 Å². The Bertz CT molecular complexity index is 784. The van der Waals surface area contributed by atoms with Gasteiger partial charge in [0, 0.05) is 19.3 Å². The van der Waals surface area contributed by atoms with Gasteiger partial charge in [-0.2, -0.15) is 75.8 Å². The van der Waals surface area contributed by atoms with Crippen molar-refractivity contribution in [2.75, 3.05) is 54.3 Å². The second-order valence-electron chi connectivity index (χ2n) is 9.21. The van der Waals surface area contributed by atoms with E-state index in [1.54, 1.807) is 13.8 Å². The lowest BCUT2D eigenvalue weighted by molar-refractivity contribution is -0.331. The molecule has 0 aliphatic heterocycles. The molecule has 0 aliphatic carbocycles. The molecule has 0 unspecified atom stereocenters. The highest BCUT2D eigenvalue weighted by Crippen LogP contribution is 2.24. The van der Waals surface area contributed by atoms with Crippen LogP contribution in [0.15, 0.2) is 0 Å². The fraction of sp³-hybridized carbons (Fsp3) is 0.769. The molecule has 0 spiro atoms. The summed E-state index contributed by atoms with van der Waals surface area (Å²) >= 11 is 23.4. The quantitative estimate of drug-likeness (QED) is 0.0418. The number of ether oxygens (including phenoxy) is 6. The van der Waals surface area contributed by atoms with Crippen LogP contribution in [-0.4, -0.2) is 96.1 Å². The molecule has 0 aromatic rings. The molecule has 0 saturated heterocycles. The van der Waals surface area contributed by atoms with Gasteiger partial charge in [0.05, 0.1) is 29.1 Å². The lowest BCUT2D eigenvalue weighted by atomic mass is 9.94. The van der Waals surface area contributed by atoms with E-state index in [-0.39, 0.29) is 62.8 Å². The average molecular weight is 741 g/mol. The van der Waals surface area contributed by atoms with Crippen LogP contribution in [0.2, 0.25) is 0 Å². The van der Waals surface area contributed by atoms with Crippen molar-refractivity contribution in [2.24, 2.45) is 5.41 Å². The Balaban J connectivity index is 0. The van der Waals surface area contributed by atoms with Crippen molar-refractivity contribution in [3.05, 3.63) is 0 Å². The number of carbonyl (C=O) groups excluding carboxylic acids is 6. The summed E-state index contributed by atoms with van der Waals surface area (Å²) in [5, 5.41) is 0. The van der Waals surface area contributed by atoms with Gasteiger partial charge in [-0.05, 0) is 43.4 Å². The Hall–Kier alpha value is -1.08. The van der Waals surface area contributed by atoms with E-state index in [2.05, 4.69) is 75.8 Å². The van der Waals surface area contributed by atoms with Crippen LogP contribution in [-0.2, 0) is 57.2 Å². The van der Waals surface area contributed by atoms with E-state index < -0.39 is 47.2 Å². The van der Waals surface area contributed by atoms with Crippen LogP contribution in [0.4, 0.5) is 0 Å². The van der Waals surface area contributed by atoms with Crippen LogP contribution in [0, 0.1) is 5.41 Å². The van der Waals surface area contributed by atoms with Crippen LogP contribution in [0.5, 0.6) is 0 Å². The standard InChI is InChI=1S/C15H26O6S3.C11H18O6S3/c1-2-15(19-12(16)6-3-9-22,20-13(17)7-4-10-23)21-14(18)8-5-11-24;1-11(5-15-8(12)2-18,6-16-9(13)3-19)7-17-10(14)4-20/h22-24H,2-11H2,1H3;18-20H,2-7H2,1H3. The number of esters is 6. The van der Waals surface area contributed by atoms with Crippen molar-refractivity contribution in [1.82, 2.24) is 0 Å². The van der Waals surface area contributed by atoms with Crippen LogP contribution in [0.3, 0.4) is 0 Å². The predicted octanol–water partition coefficient (Wildman–Crippen LogP) is 3.22. The molecule has 0 amide bonds. The largest absolute Gasteiger partial charge is 0.464 e. The second-order valence-corrected chi connectivity index (χ2v) is 11.5. The molecule has 0 fully saturated rings. The highest BCUT2D eigenvalue weighted by molar-refractivity contribution is 7.81. The van der Waals surface area contributed by atoms with E-state index in [0.29, 0.717) is 36.5 Å². The molecule has 0 aliphatic rings. The molecule has 0 aromatic heterocycles. The Morgan fingerprint density at radius 3 is 0.977 bits per heavy atom. The summed E-state index contributed by atoms with van der Waals surface area (Å²) in [5.74, 6) is -4.07. The fourth-order valence-corrected chi connectivity index (χ4v) is 3.40. The normalized spacial score (nSPS) is 10.9. The lowest BCUT2D eigenvalue weighted by Gasteiger charge is -2.30. The molecule has 44 heavy (non-hydrogen) atoms. The van der Waals surface area contributed by atoms with Crippen molar-refractivity contribution in [2.45, 2.75) is 64.8 Å². The van der Waals surface area contributed by atoms with Crippen LogP contribution >= 0.6 is 75.8 Å². The average Bonchev–Trinajstić information content (AvgIpc) is 3.02. The smallest absolute Gasteiger partial charge is 0.423 e. The summed E-state index contributed by atoms with van der Waals surface area (Å²) in [6.07, 6.45) is 1.78. The van der Waals surface area contributed by atoms with Gasteiger partial charge in [0.15, 0.2) is 0 Å². The maximum atomic E-state index is 11.9. The van der Waals surface area contributed by atoms with E-state index in [1.807, 2.05) is 0 Å². The van der Waals surface area contributed by atoms with Gasteiger partial charge in [-0.3, -0.25) is 28.8 Å². The summed E-state index contributed by atoms with van der Waals surface area (Å²) < 4.78 is 30.4. The van der Waals surface area contributed by atoms with E-state index in [9.17, 15) is 28.8 Å². The molecule has 0 aromatic carbocycles. The van der Waals surface area contributed by atoms with Gasteiger partial charge in [-0.1, -0.05) is 6.92 Å². The maximum Gasteiger partial charge on any atom is 0.423 e. The van der Waals surface area contributed by atoms with Crippen LogP contribution in [0.1, 0.15) is 58.8 Å². The Kier molecular flexibility index (Phi) is 27.7. The fourth-order valence-electron chi connectivity index (χ4n) is 2.65. The molecule has 0 heterocycles. The highest BCUT2D eigenvalue weighted by Gasteiger charge is 2.41. The van der Waals surface area contributed by atoms with E-state index in [4.69, 9.17) is 28.4 Å². The molecular formula is C26H44O12S6. The summed E-state index contributed by atoms with van der Waals surface area (Å²) in [5.41, 5.74) is -0.837. The van der Waals surface area contributed by atoms with Gasteiger partial charge in [0.2, 0.25) is 0 Å². The first-order valence-electron chi connectivity index (χ1n) is 13.6. The minimum Gasteiger partial charge on any atom is -0.464 e. The Morgan fingerprint density at radius 1 is 0.500 bits per heavy atom. The lowest BCUT2D eigenvalue weighted by Crippen LogP contribution is -2.44. The Labute approximate surface area is 291 Å². The SMILES string of the molecule is CC(COC(=O)CS)(COC(=O)CS)COC(=O)CS.CCC(OC(=O)CCCS)(OC(=O)CCCS)OC(=O)CCCS. The second kappa shape index (κ2) is 27.1. The van der Waals surface area contributed by atoms with Crippen LogP contribution < -0.4 is 0 Å². The van der Waals surface area contributed by atoms with Gasteiger partial charge >= 0.3 is 41.8 Å². The first-order chi connectivity index (χ1) is 20.8. The third kappa shape index (κ3) is 23.3. The summed E-state index contributed by atoms with van der Waals surface area (Å²) in [7, 11) is 0. The minimum atomic E-state index is -2.02. The molecule has 256 valence electrons. The van der Waals surface area contributed by atoms with Crippen molar-refractivity contribution in [3.63, 3.8) is 0 Å². The first-order valence-corrected chi connectivity index (χ1v) is 17.4. The van der Waals surface area contributed by atoms with Crippen molar-refractivity contribution in [3.8, 4) is 0 Å². The molecule has 0 saturated carbocycles. The summed E-state index contributed by atoms with van der Waals surface area (Å²) in [6, 6.07) is 0. The summed E-state index contributed by atoms with van der Waals surface area (Å²) in [6.45, 7) is 3.07. The maximum absolute atomic E-state index is 11.9. The molecule has 0 atom stereocenters. The molecule has 18 heteroatoms. The number of hydrogen-bond acceptors (Lipinski definition) is 18. The minimum absolute atomic E-state index is 0.00115. The first kappa shape index (κ1) is 45.0. The topological polar surface area (TPSA) is 158 Å². The zero-order chi connectivity index (χ0) is 34.0. The number of thiol groups is 6. The number of rotatable bonds is 22. The number of carbonyl (C=O) groups is 6. The third-order valence-electron chi connectivity index (χ3n) is 4.99. The molecule has 0 rings (SSSR count). The third-order valence-corrected chi connectivity index (χ3v) is 6.71. The van der Waals surface area contributed by atoms with Crippen molar-refractivity contribution >= 4 is 112 Å². The zero-order valence-corrected chi connectivity index (χ0v) is 30.3. The Morgan fingerprint density at radius 2 is 0.773 bits per heavy atom. The molecule has 0 N–H and O–H groups in total. The van der Waals surface area contributed by atoms with E-state index in [0.717, 1.165) is 0 Å². The van der Waals surface area contributed by atoms with Crippen molar-refractivity contribution < 1.29 is 57.2 Å². The van der Waals surface area contributed by atoms with Gasteiger partial charge in [0.1, 0.15) is 19.8 Å². The molecule has 0 radical (unpaired) electrons. The van der Waals surface area contributed by atoms with Gasteiger partial charge in [0.25, 0.3) is 0 Å². The van der Waals surface area contributed by atoms with E-state index >= 15 is 0 Å². The monoisotopic (exact) mass is 740 g/mol. The molecular weight excluding hydrogens is 697 g/mol. The zero-order valence-electron chi connectivity index (χ0n) is 24.9. The van der Waals surface area contributed by atoms with Gasteiger partial charge in [-0.15, -0.1) is 0 Å². The van der Waals surface area contributed by atoms with E-state index in [1.165, 1.54) is 0 Å².